The first-order valence-corrected chi connectivity index (χ1v) is 10.0. The minimum Gasteiger partial charge on any atom is -0.508 e. The number of barbiturate groups is 1. The summed E-state index contributed by atoms with van der Waals surface area (Å²) in [5.74, 6) is -0.896. The zero-order valence-electron chi connectivity index (χ0n) is 17.0. The molecule has 0 radical (unpaired) electrons. The molecule has 1 aliphatic rings. The van der Waals surface area contributed by atoms with Gasteiger partial charge in [0.25, 0.3) is 11.8 Å². The van der Waals surface area contributed by atoms with Gasteiger partial charge in [0.1, 0.15) is 11.3 Å². The topological polar surface area (TPSA) is 105 Å². The fourth-order valence-corrected chi connectivity index (χ4v) is 3.21. The fraction of sp³-hybridized carbons (Fsp3) is 0.227. The van der Waals surface area contributed by atoms with Gasteiger partial charge in [-0.25, -0.2) is 9.69 Å². The maximum atomic E-state index is 13.0. The monoisotopic (exact) mass is 444 g/mol. The molecule has 9 heteroatoms. The SMILES string of the molecule is CCCOc1c(Cl)cc(/C=C2\C(=O)NC(=O)N(c3ccc(O)cc3)C2=O)cc1OCC. The summed E-state index contributed by atoms with van der Waals surface area (Å²) in [7, 11) is 0. The number of rotatable bonds is 7. The molecular formula is C22H21ClN2O6. The number of anilines is 1. The molecule has 0 aliphatic carbocycles. The summed E-state index contributed by atoms with van der Waals surface area (Å²) in [4.78, 5) is 38.4. The average molecular weight is 445 g/mol. The van der Waals surface area contributed by atoms with Crippen LogP contribution in [0.5, 0.6) is 17.2 Å². The maximum absolute atomic E-state index is 13.0. The molecule has 2 aromatic carbocycles. The Kier molecular flexibility index (Phi) is 6.81. The van der Waals surface area contributed by atoms with Crippen molar-refractivity contribution in [3.05, 3.63) is 52.6 Å². The van der Waals surface area contributed by atoms with Crippen molar-refractivity contribution < 1.29 is 29.0 Å². The first kappa shape index (κ1) is 22.2. The van der Waals surface area contributed by atoms with E-state index in [1.165, 1.54) is 30.3 Å². The highest BCUT2D eigenvalue weighted by molar-refractivity contribution is 6.39. The molecule has 2 N–H and O–H groups in total. The fourth-order valence-electron chi connectivity index (χ4n) is 2.94. The number of halogens is 1. The molecule has 162 valence electrons. The maximum Gasteiger partial charge on any atom is 0.335 e. The molecule has 3 rings (SSSR count). The van der Waals surface area contributed by atoms with Crippen molar-refractivity contribution in [3.63, 3.8) is 0 Å². The molecule has 2 aromatic rings. The number of hydrogen-bond donors (Lipinski definition) is 2. The van der Waals surface area contributed by atoms with E-state index < -0.39 is 17.8 Å². The van der Waals surface area contributed by atoms with E-state index in [-0.39, 0.29) is 22.0 Å². The second kappa shape index (κ2) is 9.53. The highest BCUT2D eigenvalue weighted by Crippen LogP contribution is 2.37. The highest BCUT2D eigenvalue weighted by atomic mass is 35.5. The number of nitrogens with zero attached hydrogens (tertiary/aromatic N) is 1. The van der Waals surface area contributed by atoms with Crippen LogP contribution >= 0.6 is 11.6 Å². The van der Waals surface area contributed by atoms with E-state index in [9.17, 15) is 19.5 Å². The normalized spacial score (nSPS) is 15.3. The number of benzene rings is 2. The molecule has 0 unspecified atom stereocenters. The van der Waals surface area contributed by atoms with Crippen molar-refractivity contribution in [2.75, 3.05) is 18.1 Å². The molecule has 1 aliphatic heterocycles. The Balaban J connectivity index is 2.00. The van der Waals surface area contributed by atoms with Crippen LogP contribution in [0.2, 0.25) is 5.02 Å². The van der Waals surface area contributed by atoms with E-state index in [2.05, 4.69) is 5.32 Å². The number of nitrogens with one attached hydrogen (secondary N) is 1. The molecule has 0 spiro atoms. The Labute approximate surface area is 184 Å². The number of amides is 4. The van der Waals surface area contributed by atoms with E-state index in [4.69, 9.17) is 21.1 Å². The zero-order valence-corrected chi connectivity index (χ0v) is 17.7. The molecule has 0 atom stereocenters. The molecule has 1 fully saturated rings. The third-order valence-electron chi connectivity index (χ3n) is 4.30. The Morgan fingerprint density at radius 2 is 1.81 bits per heavy atom. The summed E-state index contributed by atoms with van der Waals surface area (Å²) in [5, 5.41) is 11.9. The predicted octanol–water partition coefficient (Wildman–Crippen LogP) is 3.90. The molecular weight excluding hydrogens is 424 g/mol. The van der Waals surface area contributed by atoms with E-state index in [0.717, 1.165) is 11.3 Å². The number of carbonyl (C=O) groups is 3. The molecule has 1 heterocycles. The van der Waals surface area contributed by atoms with Crippen molar-refractivity contribution in [2.45, 2.75) is 20.3 Å². The number of phenols is 1. The second-order valence-corrected chi connectivity index (χ2v) is 6.99. The quantitative estimate of drug-likeness (QED) is 0.495. The smallest absolute Gasteiger partial charge is 0.335 e. The number of phenolic OH excluding ortho intramolecular Hbond substituents is 1. The van der Waals surface area contributed by atoms with Crippen LogP contribution in [0.1, 0.15) is 25.8 Å². The largest absolute Gasteiger partial charge is 0.508 e. The molecule has 1 saturated heterocycles. The highest BCUT2D eigenvalue weighted by Gasteiger charge is 2.36. The lowest BCUT2D eigenvalue weighted by Gasteiger charge is -2.26. The van der Waals surface area contributed by atoms with Crippen molar-refractivity contribution in [3.8, 4) is 17.2 Å². The molecule has 0 aromatic heterocycles. The number of carbonyl (C=O) groups excluding carboxylic acids is 3. The molecule has 31 heavy (non-hydrogen) atoms. The molecule has 4 amide bonds. The van der Waals surface area contributed by atoms with Crippen LogP contribution in [0.4, 0.5) is 10.5 Å². The summed E-state index contributed by atoms with van der Waals surface area (Å²) < 4.78 is 11.3. The Bertz CT molecular complexity index is 1050. The summed E-state index contributed by atoms with van der Waals surface area (Å²) in [6, 6.07) is 7.72. The van der Waals surface area contributed by atoms with Gasteiger partial charge in [-0.2, -0.15) is 0 Å². The lowest BCUT2D eigenvalue weighted by molar-refractivity contribution is -0.122. The lowest BCUT2D eigenvalue weighted by Crippen LogP contribution is -2.54. The van der Waals surface area contributed by atoms with Crippen LogP contribution in [0.25, 0.3) is 6.08 Å². The van der Waals surface area contributed by atoms with Crippen molar-refractivity contribution in [1.82, 2.24) is 5.32 Å². The van der Waals surface area contributed by atoms with Gasteiger partial charge in [-0.3, -0.25) is 14.9 Å². The Morgan fingerprint density at radius 3 is 2.45 bits per heavy atom. The van der Waals surface area contributed by atoms with E-state index >= 15 is 0 Å². The summed E-state index contributed by atoms with van der Waals surface area (Å²) in [5.41, 5.74) is 0.374. The van der Waals surface area contributed by atoms with Gasteiger partial charge in [-0.1, -0.05) is 18.5 Å². The first-order valence-electron chi connectivity index (χ1n) is 9.65. The lowest BCUT2D eigenvalue weighted by atomic mass is 10.1. The van der Waals surface area contributed by atoms with E-state index in [1.807, 2.05) is 13.8 Å². The zero-order chi connectivity index (χ0) is 22.5. The number of imide groups is 2. The van der Waals surface area contributed by atoms with E-state index in [0.29, 0.717) is 30.3 Å². The minimum absolute atomic E-state index is 0.0241. The number of hydrogen-bond acceptors (Lipinski definition) is 6. The van der Waals surface area contributed by atoms with Gasteiger partial charge in [-0.15, -0.1) is 0 Å². The van der Waals surface area contributed by atoms with Gasteiger partial charge in [0.15, 0.2) is 11.5 Å². The molecule has 0 saturated carbocycles. The molecule has 8 nitrogen and oxygen atoms in total. The van der Waals surface area contributed by atoms with Crippen molar-refractivity contribution in [1.29, 1.82) is 0 Å². The minimum atomic E-state index is -0.880. The van der Waals surface area contributed by atoms with Crippen LogP contribution in [-0.2, 0) is 9.59 Å². The third kappa shape index (κ3) is 4.80. The van der Waals surface area contributed by atoms with Crippen LogP contribution in [0.15, 0.2) is 42.0 Å². The van der Waals surface area contributed by atoms with Gasteiger partial charge in [0.05, 0.1) is 23.9 Å². The predicted molar refractivity (Wildman–Crippen MR) is 116 cm³/mol. The summed E-state index contributed by atoms with van der Waals surface area (Å²) >= 11 is 6.35. The van der Waals surface area contributed by atoms with Crippen molar-refractivity contribution >= 4 is 41.2 Å². The Hall–Kier alpha value is -3.52. The number of aromatic hydroxyl groups is 1. The number of urea groups is 1. The second-order valence-electron chi connectivity index (χ2n) is 6.59. The van der Waals surface area contributed by atoms with Crippen LogP contribution in [-0.4, -0.2) is 36.2 Å². The van der Waals surface area contributed by atoms with E-state index in [1.54, 1.807) is 12.1 Å². The summed E-state index contributed by atoms with van der Waals surface area (Å²) in [6.07, 6.45) is 2.11. The van der Waals surface area contributed by atoms with Gasteiger partial charge in [0.2, 0.25) is 0 Å². The van der Waals surface area contributed by atoms with Crippen LogP contribution in [0.3, 0.4) is 0 Å². The van der Waals surface area contributed by atoms with Gasteiger partial charge < -0.3 is 14.6 Å². The standard InChI is InChI=1S/C22H21ClN2O6/c1-3-9-31-19-17(23)11-13(12-18(19)30-4-2)10-16-20(27)24-22(29)25(21(16)28)14-5-7-15(26)8-6-14/h5-8,10-12,26H,3-4,9H2,1-2H3,(H,24,27,29)/b16-10+. The average Bonchev–Trinajstić information content (AvgIpc) is 2.72. The van der Waals surface area contributed by atoms with Crippen LogP contribution < -0.4 is 19.7 Å². The van der Waals surface area contributed by atoms with Gasteiger partial charge in [0, 0.05) is 0 Å². The third-order valence-corrected chi connectivity index (χ3v) is 4.58. The van der Waals surface area contributed by atoms with Crippen molar-refractivity contribution in [2.24, 2.45) is 0 Å². The molecule has 0 bridgehead atoms. The van der Waals surface area contributed by atoms with Crippen LogP contribution in [0, 0.1) is 0 Å². The Morgan fingerprint density at radius 1 is 1.10 bits per heavy atom. The van der Waals surface area contributed by atoms with Gasteiger partial charge in [-0.05, 0) is 61.4 Å². The number of ether oxygens (including phenoxy) is 2. The summed E-state index contributed by atoms with van der Waals surface area (Å²) in [6.45, 7) is 4.58. The first-order chi connectivity index (χ1) is 14.8. The van der Waals surface area contributed by atoms with Gasteiger partial charge >= 0.3 is 6.03 Å².